The molecular weight excluding hydrogens is 528 g/mol. The van der Waals surface area contributed by atoms with Crippen molar-refractivity contribution >= 4 is 35.0 Å². The highest BCUT2D eigenvalue weighted by molar-refractivity contribution is 7.07. The molecule has 1 atom stereocenters. The number of esters is 1. The predicted octanol–water partition coefficient (Wildman–Crippen LogP) is 4.44. The molecule has 6 rings (SSSR count). The minimum atomic E-state index is -0.747. The fraction of sp³-hybridized carbons (Fsp3) is 0.179. The molecule has 2 aromatic carbocycles. The first-order valence-electron chi connectivity index (χ1n) is 11.9. The van der Waals surface area contributed by atoms with Gasteiger partial charge in [-0.05, 0) is 67.9 Å². The Morgan fingerprint density at radius 3 is 2.74 bits per heavy atom. The Labute approximate surface area is 225 Å². The number of thiazole rings is 1. The number of benzene rings is 2. The maximum Gasteiger partial charge on any atom is 0.338 e. The standard InChI is InChI=1S/C28H21ClN2O6S/c1-3-34-27(33)24-15(2)30-28-31(25(24)17-6-10-21-22(12-17)36-14-35-21)26(32)23(38-28)13-19-9-11-20(37-19)16-4-7-18(29)8-5-16/h4-13,25H,3,14H2,1-2H3/b23-13-/t25-/m1/s1. The van der Waals surface area contributed by atoms with Crippen LogP contribution in [-0.2, 0) is 9.53 Å². The summed E-state index contributed by atoms with van der Waals surface area (Å²) in [4.78, 5) is 31.9. The molecule has 4 heterocycles. The summed E-state index contributed by atoms with van der Waals surface area (Å²) < 4.78 is 24.3. The second-order valence-electron chi connectivity index (χ2n) is 8.62. The number of hydrogen-bond acceptors (Lipinski definition) is 8. The van der Waals surface area contributed by atoms with Crippen molar-refractivity contribution < 1.29 is 23.4 Å². The summed E-state index contributed by atoms with van der Waals surface area (Å²) in [7, 11) is 0. The van der Waals surface area contributed by atoms with E-state index in [4.69, 9.17) is 30.2 Å². The average molecular weight is 549 g/mol. The van der Waals surface area contributed by atoms with Crippen molar-refractivity contribution in [2.75, 3.05) is 13.4 Å². The zero-order valence-corrected chi connectivity index (χ0v) is 22.0. The number of ether oxygens (including phenoxy) is 3. The highest BCUT2D eigenvalue weighted by atomic mass is 35.5. The summed E-state index contributed by atoms with van der Waals surface area (Å²) in [6, 6.07) is 15.6. The molecule has 0 saturated heterocycles. The van der Waals surface area contributed by atoms with E-state index >= 15 is 0 Å². The highest BCUT2D eigenvalue weighted by Crippen LogP contribution is 2.38. The zero-order chi connectivity index (χ0) is 26.4. The van der Waals surface area contributed by atoms with E-state index in [2.05, 4.69) is 4.99 Å². The van der Waals surface area contributed by atoms with Crippen LogP contribution in [-0.4, -0.2) is 23.9 Å². The topological polar surface area (TPSA) is 92.3 Å². The van der Waals surface area contributed by atoms with Crippen molar-refractivity contribution in [3.05, 3.63) is 102 Å². The van der Waals surface area contributed by atoms with Crippen LogP contribution in [0.5, 0.6) is 11.5 Å². The van der Waals surface area contributed by atoms with E-state index in [0.29, 0.717) is 54.2 Å². The molecule has 0 fully saturated rings. The molecule has 2 aliphatic rings. The van der Waals surface area contributed by atoms with Crippen LogP contribution >= 0.6 is 22.9 Å². The molecule has 0 saturated carbocycles. The average Bonchev–Trinajstić information content (AvgIpc) is 3.63. The summed E-state index contributed by atoms with van der Waals surface area (Å²) in [5.74, 6) is 1.80. The molecule has 192 valence electrons. The monoisotopic (exact) mass is 548 g/mol. The summed E-state index contributed by atoms with van der Waals surface area (Å²) in [6.45, 7) is 3.79. The summed E-state index contributed by atoms with van der Waals surface area (Å²) in [5, 5.41) is 0.635. The Balaban J connectivity index is 1.47. The van der Waals surface area contributed by atoms with Gasteiger partial charge in [-0.3, -0.25) is 9.36 Å². The van der Waals surface area contributed by atoms with Gasteiger partial charge in [0.15, 0.2) is 16.3 Å². The van der Waals surface area contributed by atoms with Gasteiger partial charge in [0.1, 0.15) is 11.5 Å². The molecule has 4 aromatic rings. The van der Waals surface area contributed by atoms with Crippen molar-refractivity contribution in [3.8, 4) is 22.8 Å². The van der Waals surface area contributed by atoms with E-state index in [-0.39, 0.29) is 19.0 Å². The molecule has 0 amide bonds. The normalized spacial score (nSPS) is 16.4. The molecule has 0 spiro atoms. The van der Waals surface area contributed by atoms with Gasteiger partial charge in [0.05, 0.1) is 28.5 Å². The van der Waals surface area contributed by atoms with Gasteiger partial charge in [0.2, 0.25) is 6.79 Å². The Morgan fingerprint density at radius 2 is 1.95 bits per heavy atom. The Bertz CT molecular complexity index is 1780. The van der Waals surface area contributed by atoms with Gasteiger partial charge in [-0.1, -0.05) is 29.0 Å². The molecule has 2 aromatic heterocycles. The van der Waals surface area contributed by atoms with Gasteiger partial charge >= 0.3 is 5.97 Å². The molecule has 38 heavy (non-hydrogen) atoms. The summed E-state index contributed by atoms with van der Waals surface area (Å²) >= 11 is 7.22. The number of furan rings is 1. The number of carbonyl (C=O) groups excluding carboxylic acids is 1. The highest BCUT2D eigenvalue weighted by Gasteiger charge is 2.34. The van der Waals surface area contributed by atoms with Crippen molar-refractivity contribution in [2.24, 2.45) is 4.99 Å². The van der Waals surface area contributed by atoms with Crippen molar-refractivity contribution in [1.29, 1.82) is 0 Å². The summed E-state index contributed by atoms with van der Waals surface area (Å²) in [6.07, 6.45) is 1.68. The van der Waals surface area contributed by atoms with Crippen LogP contribution in [0, 0.1) is 0 Å². The quantitative estimate of drug-likeness (QED) is 0.342. The Kier molecular flexibility index (Phi) is 6.17. The number of carbonyl (C=O) groups is 1. The van der Waals surface area contributed by atoms with Crippen molar-refractivity contribution in [1.82, 2.24) is 4.57 Å². The molecule has 0 unspecified atom stereocenters. The van der Waals surface area contributed by atoms with Gasteiger partial charge in [-0.15, -0.1) is 0 Å². The first-order valence-corrected chi connectivity index (χ1v) is 13.1. The van der Waals surface area contributed by atoms with Gasteiger partial charge in [-0.2, -0.15) is 0 Å². The smallest absolute Gasteiger partial charge is 0.338 e. The van der Waals surface area contributed by atoms with Gasteiger partial charge in [0, 0.05) is 16.7 Å². The number of fused-ring (bicyclic) bond motifs is 2. The molecule has 0 aliphatic carbocycles. The van der Waals surface area contributed by atoms with Crippen LogP contribution in [0.4, 0.5) is 0 Å². The maximum atomic E-state index is 13.8. The van der Waals surface area contributed by atoms with Crippen molar-refractivity contribution in [3.63, 3.8) is 0 Å². The number of halogens is 1. The van der Waals surface area contributed by atoms with Gasteiger partial charge < -0.3 is 18.6 Å². The molecule has 0 radical (unpaired) electrons. The minimum Gasteiger partial charge on any atom is -0.463 e. The van der Waals surface area contributed by atoms with E-state index in [9.17, 15) is 9.59 Å². The SMILES string of the molecule is CCOC(=O)C1=C(C)N=c2s/c(=C\c3ccc(-c4ccc(Cl)cc4)o3)c(=O)n2[C@@H]1c1ccc2c(c1)OCO2. The Morgan fingerprint density at radius 1 is 1.16 bits per heavy atom. The largest absolute Gasteiger partial charge is 0.463 e. The first-order chi connectivity index (χ1) is 18.4. The van der Waals surface area contributed by atoms with Crippen LogP contribution in [0.3, 0.4) is 0 Å². The fourth-order valence-corrected chi connectivity index (χ4v) is 5.67. The Hall–Kier alpha value is -4.08. The minimum absolute atomic E-state index is 0.113. The fourth-order valence-electron chi connectivity index (χ4n) is 4.52. The molecule has 8 nitrogen and oxygen atoms in total. The lowest BCUT2D eigenvalue weighted by atomic mass is 9.95. The molecule has 2 aliphatic heterocycles. The third kappa shape index (κ3) is 4.23. The third-order valence-corrected chi connectivity index (χ3v) is 7.49. The lowest BCUT2D eigenvalue weighted by Gasteiger charge is -2.24. The lowest BCUT2D eigenvalue weighted by molar-refractivity contribution is -0.139. The molecule has 10 heteroatoms. The number of aromatic nitrogens is 1. The molecule has 0 N–H and O–H groups in total. The van der Waals surface area contributed by atoms with Crippen LogP contribution < -0.4 is 24.4 Å². The number of allylic oxidation sites excluding steroid dienone is 1. The third-order valence-electron chi connectivity index (χ3n) is 6.26. The van der Waals surface area contributed by atoms with Crippen LogP contribution in [0.2, 0.25) is 5.02 Å². The van der Waals surface area contributed by atoms with E-state index in [1.165, 1.54) is 15.9 Å². The van der Waals surface area contributed by atoms with E-state index in [0.717, 1.165) is 5.56 Å². The van der Waals surface area contributed by atoms with Crippen LogP contribution in [0.25, 0.3) is 17.4 Å². The van der Waals surface area contributed by atoms with Crippen molar-refractivity contribution in [2.45, 2.75) is 19.9 Å². The second kappa shape index (κ2) is 9.66. The van der Waals surface area contributed by atoms with Gasteiger partial charge in [-0.25, -0.2) is 9.79 Å². The maximum absolute atomic E-state index is 13.8. The van der Waals surface area contributed by atoms with E-state index in [1.807, 2.05) is 24.3 Å². The number of rotatable bonds is 5. The number of nitrogens with zero attached hydrogens (tertiary/aromatic N) is 2. The van der Waals surface area contributed by atoms with Gasteiger partial charge in [0.25, 0.3) is 5.56 Å². The molecule has 0 bridgehead atoms. The molecular formula is C28H21ClN2O6S. The lowest BCUT2D eigenvalue weighted by Crippen LogP contribution is -2.39. The predicted molar refractivity (Wildman–Crippen MR) is 142 cm³/mol. The van der Waals surface area contributed by atoms with E-state index in [1.54, 1.807) is 50.3 Å². The van der Waals surface area contributed by atoms with Crippen LogP contribution in [0.1, 0.15) is 31.2 Å². The second-order valence-corrected chi connectivity index (χ2v) is 10.1. The number of hydrogen-bond donors (Lipinski definition) is 0. The van der Waals surface area contributed by atoms with E-state index < -0.39 is 12.0 Å². The first kappa shape index (κ1) is 24.3. The summed E-state index contributed by atoms with van der Waals surface area (Å²) in [5.41, 5.74) is 2.04. The van der Waals surface area contributed by atoms with Crippen LogP contribution in [0.15, 0.2) is 80.1 Å². The zero-order valence-electron chi connectivity index (χ0n) is 20.4.